The molecule has 0 bridgehead atoms. The number of nitrogens with one attached hydrogen (secondary N) is 2. The van der Waals surface area contributed by atoms with Gasteiger partial charge in [0.2, 0.25) is 0 Å². The number of hydrogen-bond acceptors (Lipinski definition) is 6. The van der Waals surface area contributed by atoms with Gasteiger partial charge in [0.1, 0.15) is 5.82 Å². The number of anilines is 2. The molecule has 0 amide bonds. The van der Waals surface area contributed by atoms with Crippen molar-refractivity contribution in [3.05, 3.63) is 60.4 Å². The van der Waals surface area contributed by atoms with E-state index < -0.39 is 0 Å². The molecule has 0 radical (unpaired) electrons. The molecule has 2 aromatic heterocycles. The number of ether oxygens (including phenoxy) is 1. The second-order valence-electron chi connectivity index (χ2n) is 8.05. The van der Waals surface area contributed by atoms with Gasteiger partial charge in [-0.15, -0.1) is 0 Å². The first-order valence-electron chi connectivity index (χ1n) is 10.4. The summed E-state index contributed by atoms with van der Waals surface area (Å²) in [6, 6.07) is 16.5. The van der Waals surface area contributed by atoms with Gasteiger partial charge in [-0.2, -0.15) is 0 Å². The van der Waals surface area contributed by atoms with Gasteiger partial charge in [0, 0.05) is 11.9 Å². The number of nitrogens with zero attached hydrogens (tertiary/aromatic N) is 2. The summed E-state index contributed by atoms with van der Waals surface area (Å²) in [5.41, 5.74) is 2.42. The van der Waals surface area contributed by atoms with E-state index in [1.807, 2.05) is 30.5 Å². The molecule has 6 heteroatoms. The number of pyridine rings is 1. The molecule has 0 saturated carbocycles. The molecule has 2 aliphatic rings. The Hall–Kier alpha value is -2.28. The standard InChI is InChI=1S/C23H26N4OS/c1-2-5-18(6-3-1)20-15-25-22(29-20)27-21-8-4-7-19(26-21)13-17-14-23(28-16-17)9-11-24-12-10-23/h1-8,15,17,24H,9-14,16H2,(H,25,26,27). The zero-order valence-electron chi connectivity index (χ0n) is 16.4. The van der Waals surface area contributed by atoms with Crippen LogP contribution in [0.1, 0.15) is 25.0 Å². The first kappa shape index (κ1) is 18.7. The molecule has 5 rings (SSSR count). The molecule has 1 atom stereocenters. The number of piperidine rings is 1. The van der Waals surface area contributed by atoms with Crippen LogP contribution in [0.5, 0.6) is 0 Å². The minimum Gasteiger partial charge on any atom is -0.375 e. The fourth-order valence-corrected chi connectivity index (χ4v) is 5.27. The van der Waals surface area contributed by atoms with E-state index in [-0.39, 0.29) is 5.60 Å². The Bertz CT molecular complexity index is 952. The smallest absolute Gasteiger partial charge is 0.188 e. The first-order chi connectivity index (χ1) is 14.3. The van der Waals surface area contributed by atoms with Gasteiger partial charge < -0.3 is 15.4 Å². The molecule has 5 nitrogen and oxygen atoms in total. The zero-order valence-corrected chi connectivity index (χ0v) is 17.3. The van der Waals surface area contributed by atoms with E-state index in [4.69, 9.17) is 9.72 Å². The fraction of sp³-hybridized carbons (Fsp3) is 0.391. The van der Waals surface area contributed by atoms with E-state index in [9.17, 15) is 0 Å². The number of rotatable bonds is 5. The van der Waals surface area contributed by atoms with Crippen LogP contribution >= 0.6 is 11.3 Å². The first-order valence-corrected chi connectivity index (χ1v) is 11.2. The van der Waals surface area contributed by atoms with E-state index in [1.165, 1.54) is 5.56 Å². The lowest BCUT2D eigenvalue weighted by Crippen LogP contribution is -2.41. The molecule has 1 aromatic carbocycles. The van der Waals surface area contributed by atoms with Crippen molar-refractivity contribution in [3.63, 3.8) is 0 Å². The van der Waals surface area contributed by atoms with E-state index in [0.29, 0.717) is 5.92 Å². The highest BCUT2D eigenvalue weighted by Gasteiger charge is 2.41. The molecule has 2 N–H and O–H groups in total. The van der Waals surface area contributed by atoms with Crippen LogP contribution in [0.2, 0.25) is 0 Å². The van der Waals surface area contributed by atoms with Gasteiger partial charge in [-0.1, -0.05) is 47.7 Å². The quantitative estimate of drug-likeness (QED) is 0.646. The molecular formula is C23H26N4OS. The highest BCUT2D eigenvalue weighted by Crippen LogP contribution is 2.38. The Kier molecular flexibility index (Phi) is 5.31. The van der Waals surface area contributed by atoms with Crippen molar-refractivity contribution in [2.45, 2.75) is 31.3 Å². The summed E-state index contributed by atoms with van der Waals surface area (Å²) in [6.07, 6.45) is 6.30. The molecule has 2 aliphatic heterocycles. The Balaban J connectivity index is 1.23. The molecule has 3 aromatic rings. The largest absolute Gasteiger partial charge is 0.375 e. The van der Waals surface area contributed by atoms with Crippen molar-refractivity contribution >= 4 is 22.3 Å². The lowest BCUT2D eigenvalue weighted by atomic mass is 9.85. The molecular weight excluding hydrogens is 380 g/mol. The number of aromatic nitrogens is 2. The predicted molar refractivity (Wildman–Crippen MR) is 118 cm³/mol. The van der Waals surface area contributed by atoms with Crippen LogP contribution in [-0.4, -0.2) is 35.3 Å². The van der Waals surface area contributed by atoms with Crippen LogP contribution in [0.15, 0.2) is 54.7 Å². The predicted octanol–water partition coefficient (Wildman–Crippen LogP) is 4.65. The van der Waals surface area contributed by atoms with Crippen LogP contribution < -0.4 is 10.6 Å². The number of hydrogen-bond donors (Lipinski definition) is 2. The SMILES string of the molecule is c1ccc(-c2cnc(Nc3cccc(CC4COC5(CCNCC5)C4)n3)s2)cc1. The van der Waals surface area contributed by atoms with E-state index >= 15 is 0 Å². The molecule has 2 fully saturated rings. The molecule has 150 valence electrons. The summed E-state index contributed by atoms with van der Waals surface area (Å²) in [4.78, 5) is 10.5. The van der Waals surface area contributed by atoms with Crippen LogP contribution in [0.25, 0.3) is 10.4 Å². The average Bonchev–Trinajstić information content (AvgIpc) is 3.37. The van der Waals surface area contributed by atoms with E-state index in [2.05, 4.69) is 39.9 Å². The van der Waals surface area contributed by atoms with Gasteiger partial charge in [-0.25, -0.2) is 9.97 Å². The summed E-state index contributed by atoms with van der Waals surface area (Å²) in [6.45, 7) is 3.00. The lowest BCUT2D eigenvalue weighted by molar-refractivity contribution is -0.0196. The second-order valence-corrected chi connectivity index (χ2v) is 9.08. The molecule has 2 saturated heterocycles. The summed E-state index contributed by atoms with van der Waals surface area (Å²) in [7, 11) is 0. The van der Waals surface area contributed by atoms with Gasteiger partial charge >= 0.3 is 0 Å². The van der Waals surface area contributed by atoms with E-state index in [1.54, 1.807) is 11.3 Å². The summed E-state index contributed by atoms with van der Waals surface area (Å²) in [5, 5.41) is 7.68. The summed E-state index contributed by atoms with van der Waals surface area (Å²) < 4.78 is 6.25. The maximum Gasteiger partial charge on any atom is 0.188 e. The average molecular weight is 407 g/mol. The monoisotopic (exact) mass is 406 g/mol. The third-order valence-electron chi connectivity index (χ3n) is 5.90. The normalized spacial score (nSPS) is 20.8. The van der Waals surface area contributed by atoms with Crippen molar-refractivity contribution in [2.75, 3.05) is 25.0 Å². The number of thiazole rings is 1. The zero-order chi connectivity index (χ0) is 19.5. The van der Waals surface area contributed by atoms with Crippen LogP contribution in [0.4, 0.5) is 10.9 Å². The Morgan fingerprint density at radius 1 is 1.10 bits per heavy atom. The Morgan fingerprint density at radius 2 is 1.97 bits per heavy atom. The summed E-state index contributed by atoms with van der Waals surface area (Å²) in [5.74, 6) is 1.41. The molecule has 29 heavy (non-hydrogen) atoms. The molecule has 1 spiro atoms. The van der Waals surface area contributed by atoms with Crippen molar-refractivity contribution in [1.82, 2.24) is 15.3 Å². The minimum absolute atomic E-state index is 0.112. The second kappa shape index (κ2) is 8.22. The highest BCUT2D eigenvalue weighted by atomic mass is 32.1. The van der Waals surface area contributed by atoms with Crippen molar-refractivity contribution in [1.29, 1.82) is 0 Å². The topological polar surface area (TPSA) is 59.1 Å². The molecule has 0 aliphatic carbocycles. The maximum atomic E-state index is 6.25. The van der Waals surface area contributed by atoms with Crippen LogP contribution in [0.3, 0.4) is 0 Å². The lowest BCUT2D eigenvalue weighted by Gasteiger charge is -2.33. The fourth-order valence-electron chi connectivity index (χ4n) is 4.44. The summed E-state index contributed by atoms with van der Waals surface area (Å²) >= 11 is 1.65. The van der Waals surface area contributed by atoms with E-state index in [0.717, 1.165) is 66.9 Å². The Labute approximate surface area is 175 Å². The van der Waals surface area contributed by atoms with Crippen LogP contribution in [-0.2, 0) is 11.2 Å². The third-order valence-corrected chi connectivity index (χ3v) is 6.87. The van der Waals surface area contributed by atoms with Crippen LogP contribution in [0, 0.1) is 5.92 Å². The highest BCUT2D eigenvalue weighted by molar-refractivity contribution is 7.18. The van der Waals surface area contributed by atoms with Gasteiger partial charge in [0.05, 0.1) is 17.1 Å². The van der Waals surface area contributed by atoms with Gasteiger partial charge in [0.15, 0.2) is 5.13 Å². The Morgan fingerprint density at radius 3 is 2.83 bits per heavy atom. The minimum atomic E-state index is 0.112. The third kappa shape index (κ3) is 4.34. The van der Waals surface area contributed by atoms with Crippen molar-refractivity contribution in [2.24, 2.45) is 5.92 Å². The molecule has 4 heterocycles. The van der Waals surface area contributed by atoms with Gasteiger partial charge in [-0.3, -0.25) is 0 Å². The number of benzene rings is 1. The molecule has 1 unspecified atom stereocenters. The maximum absolute atomic E-state index is 6.25. The van der Waals surface area contributed by atoms with Crippen molar-refractivity contribution < 1.29 is 4.74 Å². The van der Waals surface area contributed by atoms with Gasteiger partial charge in [0.25, 0.3) is 0 Å². The van der Waals surface area contributed by atoms with Gasteiger partial charge in [-0.05, 0) is 62.4 Å². The van der Waals surface area contributed by atoms with Crippen molar-refractivity contribution in [3.8, 4) is 10.4 Å².